The molecule has 0 saturated carbocycles. The molecule has 136 valence electrons. The van der Waals surface area contributed by atoms with Gasteiger partial charge in [0.2, 0.25) is 5.91 Å². The zero-order valence-corrected chi connectivity index (χ0v) is 13.7. The summed E-state index contributed by atoms with van der Waals surface area (Å²) >= 11 is 0. The van der Waals surface area contributed by atoms with Gasteiger partial charge >= 0.3 is 16.4 Å². The minimum atomic E-state index is -4.82. The first-order valence-electron chi connectivity index (χ1n) is 7.35. The number of nitrogens with zero attached hydrogens (tertiary/aromatic N) is 4. The van der Waals surface area contributed by atoms with E-state index in [1.165, 1.54) is 22.0 Å². The maximum absolute atomic E-state index is 12.3. The zero-order valence-electron chi connectivity index (χ0n) is 12.9. The van der Waals surface area contributed by atoms with E-state index in [0.29, 0.717) is 17.9 Å². The van der Waals surface area contributed by atoms with Gasteiger partial charge in [0.1, 0.15) is 12.4 Å². The van der Waals surface area contributed by atoms with Crippen molar-refractivity contribution >= 4 is 28.2 Å². The number of aromatic nitrogens is 2. The van der Waals surface area contributed by atoms with Crippen molar-refractivity contribution in [3.63, 3.8) is 0 Å². The van der Waals surface area contributed by atoms with E-state index in [1.807, 2.05) is 0 Å². The molecule has 13 heteroatoms. The van der Waals surface area contributed by atoms with E-state index < -0.39 is 34.4 Å². The smallest absolute Gasteiger partial charge is 0.328 e. The summed E-state index contributed by atoms with van der Waals surface area (Å²) in [6, 6.07) is -2.02. The van der Waals surface area contributed by atoms with E-state index in [2.05, 4.69) is 14.6 Å². The number of amides is 3. The molecule has 1 aromatic heterocycles. The van der Waals surface area contributed by atoms with Gasteiger partial charge in [-0.15, -0.1) is 4.28 Å². The van der Waals surface area contributed by atoms with Crippen LogP contribution in [0.1, 0.15) is 12.8 Å². The lowest BCUT2D eigenvalue weighted by atomic mass is 10.00. The second-order valence-corrected chi connectivity index (χ2v) is 6.71. The monoisotopic (exact) mass is 372 g/mol. The molecular weight excluding hydrogens is 356 g/mol. The van der Waals surface area contributed by atoms with Gasteiger partial charge in [-0.2, -0.15) is 13.5 Å². The third-order valence-corrected chi connectivity index (χ3v) is 4.34. The predicted molar refractivity (Wildman–Crippen MR) is 81.5 cm³/mol. The van der Waals surface area contributed by atoms with E-state index in [9.17, 15) is 18.0 Å². The Labute approximate surface area is 142 Å². The molecule has 0 aliphatic carbocycles. The fourth-order valence-electron chi connectivity index (χ4n) is 2.95. The number of hydrogen-bond donors (Lipinski definition) is 3. The van der Waals surface area contributed by atoms with Crippen LogP contribution in [0.3, 0.4) is 0 Å². The Hall–Kier alpha value is -2.51. The number of fused-ring (bicyclic) bond motifs is 2. The van der Waals surface area contributed by atoms with Crippen LogP contribution in [-0.4, -0.2) is 68.9 Å². The fourth-order valence-corrected chi connectivity index (χ4v) is 3.34. The van der Waals surface area contributed by atoms with Crippen molar-refractivity contribution in [3.05, 3.63) is 18.7 Å². The molecule has 3 amide bonds. The highest BCUT2D eigenvalue weighted by Crippen LogP contribution is 2.30. The lowest BCUT2D eigenvalue weighted by Gasteiger charge is -2.30. The van der Waals surface area contributed by atoms with Gasteiger partial charge in [-0.25, -0.2) is 9.78 Å². The topological polar surface area (TPSA) is 158 Å². The van der Waals surface area contributed by atoms with Gasteiger partial charge < -0.3 is 14.8 Å². The molecular formula is C12H16N6O6S. The maximum atomic E-state index is 12.3. The van der Waals surface area contributed by atoms with Crippen LogP contribution in [0.15, 0.2) is 18.7 Å². The molecule has 2 aliphatic rings. The van der Waals surface area contributed by atoms with Crippen molar-refractivity contribution in [1.29, 1.82) is 5.41 Å². The van der Waals surface area contributed by atoms with Gasteiger partial charge in [-0.1, -0.05) is 0 Å². The van der Waals surface area contributed by atoms with Gasteiger partial charge in [0.25, 0.3) is 0 Å². The molecule has 12 nitrogen and oxygen atoms in total. The lowest BCUT2D eigenvalue weighted by Crippen LogP contribution is -2.51. The van der Waals surface area contributed by atoms with Crippen molar-refractivity contribution in [3.8, 4) is 0 Å². The number of piperidine rings is 1. The molecule has 3 heterocycles. The van der Waals surface area contributed by atoms with Crippen molar-refractivity contribution in [2.45, 2.75) is 31.5 Å². The predicted octanol–water partition coefficient (Wildman–Crippen LogP) is -1.02. The molecule has 3 N–H and O–H groups in total. The highest BCUT2D eigenvalue weighted by molar-refractivity contribution is 7.80. The fraction of sp³-hybridized carbons (Fsp3) is 0.500. The van der Waals surface area contributed by atoms with Crippen LogP contribution in [0.5, 0.6) is 0 Å². The van der Waals surface area contributed by atoms with Crippen molar-refractivity contribution < 1.29 is 26.8 Å². The van der Waals surface area contributed by atoms with Gasteiger partial charge in [-0.3, -0.25) is 14.8 Å². The number of amidine groups is 1. The summed E-state index contributed by atoms with van der Waals surface area (Å²) in [6.45, 7) is 0.114. The lowest BCUT2D eigenvalue weighted by molar-refractivity contribution is -0.120. The van der Waals surface area contributed by atoms with E-state index in [4.69, 9.17) is 9.96 Å². The molecule has 2 unspecified atom stereocenters. The molecule has 2 saturated heterocycles. The van der Waals surface area contributed by atoms with E-state index in [-0.39, 0.29) is 18.9 Å². The second kappa shape index (κ2) is 6.42. The van der Waals surface area contributed by atoms with E-state index >= 15 is 0 Å². The summed E-state index contributed by atoms with van der Waals surface area (Å²) < 4.78 is 36.3. The van der Waals surface area contributed by atoms with E-state index in [1.54, 1.807) is 6.20 Å². The Bertz CT molecular complexity index is 793. The van der Waals surface area contributed by atoms with Crippen LogP contribution in [0, 0.1) is 5.41 Å². The summed E-state index contributed by atoms with van der Waals surface area (Å²) in [6.07, 6.45) is 5.30. The van der Waals surface area contributed by atoms with Gasteiger partial charge in [0, 0.05) is 18.9 Å². The summed E-state index contributed by atoms with van der Waals surface area (Å²) in [7, 11) is -4.82. The summed E-state index contributed by atoms with van der Waals surface area (Å²) in [5.74, 6) is -0.603. The highest BCUT2D eigenvalue weighted by Gasteiger charge is 2.48. The first-order chi connectivity index (χ1) is 11.7. The minimum absolute atomic E-state index is 0.0241. The molecule has 1 aromatic rings. The van der Waals surface area contributed by atoms with Crippen LogP contribution in [-0.2, 0) is 26.0 Å². The molecule has 25 heavy (non-hydrogen) atoms. The van der Waals surface area contributed by atoms with Crippen LogP contribution in [0.2, 0.25) is 0 Å². The highest BCUT2D eigenvalue weighted by atomic mass is 32.3. The molecule has 2 aliphatic heterocycles. The third-order valence-electron chi connectivity index (χ3n) is 3.99. The standard InChI is InChI=1S/C12H16N6O6S/c13-11(15-10(19)6-16-4-3-14-7-16)9-2-1-8-5-17(9)12(20)18(8)24-25(21,22)23/h3-4,7-9H,1-2,5-6H2,(H2,13,15,19)(H,21,22,23). The Morgan fingerprint density at radius 2 is 2.24 bits per heavy atom. The second-order valence-electron chi connectivity index (χ2n) is 5.71. The minimum Gasteiger partial charge on any atom is -0.328 e. The average Bonchev–Trinajstić information content (AvgIpc) is 3.09. The Morgan fingerprint density at radius 3 is 2.88 bits per heavy atom. The largest absolute Gasteiger partial charge is 0.418 e. The first kappa shape index (κ1) is 17.3. The number of hydroxylamine groups is 2. The number of nitrogens with one attached hydrogen (secondary N) is 2. The number of imidazole rings is 1. The maximum Gasteiger partial charge on any atom is 0.418 e. The van der Waals surface area contributed by atoms with Crippen LogP contribution < -0.4 is 5.32 Å². The Morgan fingerprint density at radius 1 is 1.48 bits per heavy atom. The zero-order chi connectivity index (χ0) is 18.2. The molecule has 2 bridgehead atoms. The van der Waals surface area contributed by atoms with Gasteiger partial charge in [0.15, 0.2) is 0 Å². The SMILES string of the molecule is N=C(NC(=O)Cn1ccnc1)C1CCC2CN1C(=O)N2OS(=O)(=O)O. The number of urea groups is 1. The van der Waals surface area contributed by atoms with Crippen LogP contribution in [0.4, 0.5) is 4.79 Å². The van der Waals surface area contributed by atoms with Gasteiger partial charge in [-0.05, 0) is 12.8 Å². The van der Waals surface area contributed by atoms with Crippen LogP contribution >= 0.6 is 0 Å². The third kappa shape index (κ3) is 3.78. The summed E-state index contributed by atoms with van der Waals surface area (Å²) in [5, 5.41) is 11.1. The summed E-state index contributed by atoms with van der Waals surface area (Å²) in [5.41, 5.74) is 0. The van der Waals surface area contributed by atoms with Gasteiger partial charge in [0.05, 0.1) is 18.4 Å². The van der Waals surface area contributed by atoms with E-state index in [0.717, 1.165) is 0 Å². The normalized spacial score (nSPS) is 23.0. The first-order valence-corrected chi connectivity index (χ1v) is 8.72. The molecule has 0 spiro atoms. The molecule has 2 fully saturated rings. The molecule has 2 atom stereocenters. The van der Waals surface area contributed by atoms with Crippen molar-refractivity contribution in [2.24, 2.45) is 0 Å². The number of hydrogen-bond acceptors (Lipinski definition) is 7. The quantitative estimate of drug-likeness (QED) is 0.339. The van der Waals surface area contributed by atoms with Crippen LogP contribution in [0.25, 0.3) is 0 Å². The van der Waals surface area contributed by atoms with Crippen molar-refractivity contribution in [1.82, 2.24) is 24.8 Å². The average molecular weight is 372 g/mol. The Kier molecular flexibility index (Phi) is 4.45. The molecule has 3 rings (SSSR count). The molecule has 0 aromatic carbocycles. The number of rotatable bonds is 5. The van der Waals surface area contributed by atoms with Crippen molar-refractivity contribution in [2.75, 3.05) is 6.54 Å². The number of carbonyl (C=O) groups excluding carboxylic acids is 2. The number of carbonyl (C=O) groups is 2. The molecule has 0 radical (unpaired) electrons. The summed E-state index contributed by atoms with van der Waals surface area (Å²) in [4.78, 5) is 29.2. The Balaban J connectivity index is 1.63.